The summed E-state index contributed by atoms with van der Waals surface area (Å²) in [6, 6.07) is 11.6. The lowest BCUT2D eigenvalue weighted by atomic mass is 10.1. The fraction of sp³-hybridized carbons (Fsp3) is 0.462. The van der Waals surface area contributed by atoms with E-state index < -0.39 is 10.1 Å². The standard InChI is InChI=1S/C25H33Br2N3O3.CH4O3S/c1-17(2)30(18(3)4)25(31)20-14-22(26)24(23(27)15-20)33-13-7-5-6-12-32-21-10-8-19(9-11-21)16-29-28;1-5(2,3)4/h8-11,14-18H,5-7,12-13,28H2,1-4H3;1H3,(H,2,3,4). The van der Waals surface area contributed by atoms with Gasteiger partial charge in [0.25, 0.3) is 16.0 Å². The van der Waals surface area contributed by atoms with Crippen LogP contribution >= 0.6 is 31.9 Å². The van der Waals surface area contributed by atoms with Crippen molar-refractivity contribution in [2.24, 2.45) is 10.9 Å². The first-order chi connectivity index (χ1) is 17.7. The Kier molecular flexibility index (Phi) is 14.9. The Morgan fingerprint density at radius 1 is 1.00 bits per heavy atom. The van der Waals surface area contributed by atoms with Crippen molar-refractivity contribution in [3.63, 3.8) is 0 Å². The molecule has 0 atom stereocenters. The molecule has 0 bridgehead atoms. The summed E-state index contributed by atoms with van der Waals surface area (Å²) in [5.74, 6) is 6.70. The lowest BCUT2D eigenvalue weighted by Crippen LogP contribution is -2.42. The van der Waals surface area contributed by atoms with Crippen molar-refractivity contribution in [2.45, 2.75) is 59.0 Å². The van der Waals surface area contributed by atoms with Crippen LogP contribution in [-0.4, -0.2) is 61.5 Å². The molecule has 0 saturated carbocycles. The molecule has 0 heterocycles. The van der Waals surface area contributed by atoms with Crippen LogP contribution in [0.1, 0.15) is 62.9 Å². The predicted octanol–water partition coefficient (Wildman–Crippen LogP) is 5.90. The third-order valence-corrected chi connectivity index (χ3v) is 6.18. The zero-order chi connectivity index (χ0) is 28.9. The number of hydrogen-bond acceptors (Lipinski definition) is 7. The van der Waals surface area contributed by atoms with Crippen LogP contribution in [0.5, 0.6) is 11.5 Å². The van der Waals surface area contributed by atoms with Gasteiger partial charge in [-0.1, -0.05) is 0 Å². The molecule has 0 radical (unpaired) electrons. The Balaban J connectivity index is 0.00000132. The minimum Gasteiger partial charge on any atom is -0.494 e. The number of rotatable bonds is 12. The number of ether oxygens (including phenoxy) is 2. The van der Waals surface area contributed by atoms with Crippen LogP contribution in [0.3, 0.4) is 0 Å². The molecule has 0 spiro atoms. The Labute approximate surface area is 242 Å². The van der Waals surface area contributed by atoms with Crippen LogP contribution in [0.25, 0.3) is 0 Å². The van der Waals surface area contributed by atoms with E-state index in [2.05, 4.69) is 37.0 Å². The Hall–Kier alpha value is -2.15. The van der Waals surface area contributed by atoms with E-state index in [0.717, 1.165) is 39.5 Å². The van der Waals surface area contributed by atoms with Crippen LogP contribution in [0, 0.1) is 0 Å². The SMILES string of the molecule is CC(C)N(C(=O)c1cc(Br)c(OCCCCCOc2ccc(C=NN)cc2)c(Br)c1)C(C)C.CS(=O)(=O)O. The van der Waals surface area contributed by atoms with Crippen molar-refractivity contribution in [2.75, 3.05) is 19.5 Å². The molecular weight excluding hydrogens is 642 g/mol. The fourth-order valence-corrected chi connectivity index (χ4v) is 4.93. The van der Waals surface area contributed by atoms with Crippen molar-refractivity contribution in [3.05, 3.63) is 56.5 Å². The largest absolute Gasteiger partial charge is 0.494 e. The summed E-state index contributed by atoms with van der Waals surface area (Å²) in [6.45, 7) is 9.34. The average Bonchev–Trinajstić information content (AvgIpc) is 2.79. The molecule has 0 aliphatic rings. The van der Waals surface area contributed by atoms with Gasteiger partial charge in [0.1, 0.15) is 11.5 Å². The van der Waals surface area contributed by atoms with Crippen LogP contribution in [0.4, 0.5) is 0 Å². The van der Waals surface area contributed by atoms with E-state index in [1.807, 2.05) is 69.0 Å². The highest BCUT2D eigenvalue weighted by Gasteiger charge is 2.23. The number of hydrazone groups is 1. The van der Waals surface area contributed by atoms with Gasteiger partial charge < -0.3 is 20.2 Å². The van der Waals surface area contributed by atoms with Gasteiger partial charge in [0.15, 0.2) is 0 Å². The maximum atomic E-state index is 13.0. The molecule has 12 heteroatoms. The van der Waals surface area contributed by atoms with Gasteiger partial charge in [-0.15, -0.1) is 0 Å². The number of nitrogens with zero attached hydrogens (tertiary/aromatic N) is 2. The lowest BCUT2D eigenvalue weighted by Gasteiger charge is -2.31. The summed E-state index contributed by atoms with van der Waals surface area (Å²) < 4.78 is 39.1. The molecule has 2 aromatic carbocycles. The van der Waals surface area contributed by atoms with Gasteiger partial charge in [0.2, 0.25) is 0 Å². The molecule has 212 valence electrons. The maximum absolute atomic E-state index is 13.0. The third-order valence-electron chi connectivity index (χ3n) is 5.00. The molecule has 38 heavy (non-hydrogen) atoms. The number of unbranched alkanes of at least 4 members (excludes halogenated alkanes) is 2. The number of amides is 1. The van der Waals surface area contributed by atoms with Crippen LogP contribution in [-0.2, 0) is 10.1 Å². The smallest absolute Gasteiger partial charge is 0.261 e. The first-order valence-corrected chi connectivity index (χ1v) is 15.5. The first kappa shape index (κ1) is 33.9. The lowest BCUT2D eigenvalue weighted by molar-refractivity contribution is 0.0643. The maximum Gasteiger partial charge on any atom is 0.261 e. The topological polar surface area (TPSA) is 132 Å². The molecule has 2 rings (SSSR count). The van der Waals surface area contributed by atoms with Gasteiger partial charge in [-0.3, -0.25) is 9.35 Å². The highest BCUT2D eigenvalue weighted by atomic mass is 79.9. The Bertz CT molecular complexity index is 1120. The molecule has 9 nitrogen and oxygen atoms in total. The molecule has 0 saturated heterocycles. The summed E-state index contributed by atoms with van der Waals surface area (Å²) >= 11 is 7.13. The molecule has 3 N–H and O–H groups in total. The van der Waals surface area contributed by atoms with E-state index >= 15 is 0 Å². The monoisotopic (exact) mass is 677 g/mol. The van der Waals surface area contributed by atoms with Gasteiger partial charge in [-0.2, -0.15) is 13.5 Å². The predicted molar refractivity (Wildman–Crippen MR) is 159 cm³/mol. The van der Waals surface area contributed by atoms with E-state index in [4.69, 9.17) is 19.9 Å². The Morgan fingerprint density at radius 2 is 1.47 bits per heavy atom. The van der Waals surface area contributed by atoms with Crippen molar-refractivity contribution >= 4 is 54.1 Å². The Morgan fingerprint density at radius 3 is 1.92 bits per heavy atom. The quantitative estimate of drug-likeness (QED) is 0.0940. The summed E-state index contributed by atoms with van der Waals surface area (Å²) in [4.78, 5) is 14.8. The highest BCUT2D eigenvalue weighted by Crippen LogP contribution is 2.35. The van der Waals surface area contributed by atoms with Gasteiger partial charge in [-0.25, -0.2) is 0 Å². The number of carbonyl (C=O) groups is 1. The van der Waals surface area contributed by atoms with Crippen molar-refractivity contribution in [1.82, 2.24) is 4.90 Å². The molecule has 2 aromatic rings. The molecule has 0 aromatic heterocycles. The van der Waals surface area contributed by atoms with Gasteiger partial charge in [-0.05, 0) is 121 Å². The van der Waals surface area contributed by atoms with Crippen molar-refractivity contribution in [3.8, 4) is 11.5 Å². The van der Waals surface area contributed by atoms with E-state index in [1.165, 1.54) is 0 Å². The second-order valence-electron chi connectivity index (χ2n) is 9.01. The summed E-state index contributed by atoms with van der Waals surface area (Å²) in [7, 11) is -3.67. The molecule has 1 amide bonds. The second kappa shape index (κ2) is 16.7. The molecule has 0 aliphatic carbocycles. The van der Waals surface area contributed by atoms with Crippen molar-refractivity contribution in [1.29, 1.82) is 0 Å². The van der Waals surface area contributed by atoms with E-state index in [-0.39, 0.29) is 18.0 Å². The zero-order valence-electron chi connectivity index (χ0n) is 22.4. The van der Waals surface area contributed by atoms with Crippen molar-refractivity contribution < 1.29 is 27.2 Å². The van der Waals surface area contributed by atoms with Crippen LogP contribution in [0.15, 0.2) is 50.4 Å². The molecular formula is C26H37Br2N3O6S. The van der Waals surface area contributed by atoms with Crippen LogP contribution in [0.2, 0.25) is 0 Å². The number of halogens is 2. The summed E-state index contributed by atoms with van der Waals surface area (Å²) in [5.41, 5.74) is 1.57. The number of hydrogen-bond donors (Lipinski definition) is 2. The molecule has 0 aliphatic heterocycles. The van der Waals surface area contributed by atoms with Gasteiger partial charge in [0, 0.05) is 17.6 Å². The molecule has 0 fully saturated rings. The van der Waals surface area contributed by atoms with Gasteiger partial charge in [0.05, 0.1) is 34.6 Å². The summed E-state index contributed by atoms with van der Waals surface area (Å²) in [5, 5.41) is 3.50. The van der Waals surface area contributed by atoms with E-state index in [1.54, 1.807) is 6.21 Å². The van der Waals surface area contributed by atoms with E-state index in [0.29, 0.717) is 30.8 Å². The fourth-order valence-electron chi connectivity index (χ4n) is 3.52. The minimum atomic E-state index is -3.67. The number of nitrogens with two attached hydrogens (primary N) is 1. The second-order valence-corrected chi connectivity index (χ2v) is 12.2. The van der Waals surface area contributed by atoms with E-state index in [9.17, 15) is 13.2 Å². The number of carbonyl (C=O) groups excluding carboxylic acids is 1. The summed E-state index contributed by atoms with van der Waals surface area (Å²) in [6.07, 6.45) is 5.14. The van der Waals surface area contributed by atoms with Gasteiger partial charge >= 0.3 is 0 Å². The minimum absolute atomic E-state index is 0.00935. The zero-order valence-corrected chi connectivity index (χ0v) is 26.3. The number of benzene rings is 2. The first-order valence-electron chi connectivity index (χ1n) is 12.1. The third kappa shape index (κ3) is 13.1. The normalized spacial score (nSPS) is 11.4. The molecule has 0 unspecified atom stereocenters. The average molecular weight is 679 g/mol. The van der Waals surface area contributed by atoms with Crippen LogP contribution < -0.4 is 15.3 Å². The highest BCUT2D eigenvalue weighted by molar-refractivity contribution is 9.11.